The van der Waals surface area contributed by atoms with Crippen molar-refractivity contribution in [2.75, 3.05) is 13.1 Å². The highest BCUT2D eigenvalue weighted by Crippen LogP contribution is 2.44. The van der Waals surface area contributed by atoms with Crippen LogP contribution in [-0.2, 0) is 4.79 Å². The molecule has 0 bridgehead atoms. The number of carbonyl (C=O) groups is 1. The third-order valence-electron chi connectivity index (χ3n) is 5.11. The van der Waals surface area contributed by atoms with E-state index in [-0.39, 0.29) is 5.91 Å². The van der Waals surface area contributed by atoms with E-state index in [2.05, 4.69) is 0 Å². The topological polar surface area (TPSA) is 40.5 Å². The second kappa shape index (κ2) is 4.84. The molecular weight excluding hydrogens is 226 g/mol. The summed E-state index contributed by atoms with van der Waals surface area (Å²) in [6, 6.07) is 0. The number of rotatable bonds is 4. The summed E-state index contributed by atoms with van der Waals surface area (Å²) in [5, 5.41) is 10.2. The lowest BCUT2D eigenvalue weighted by molar-refractivity contribution is -0.159. The summed E-state index contributed by atoms with van der Waals surface area (Å²) >= 11 is 0. The van der Waals surface area contributed by atoms with Crippen LogP contribution in [0.5, 0.6) is 0 Å². The molecule has 1 aliphatic heterocycles. The number of nitrogens with zero attached hydrogens (tertiary/aromatic N) is 1. The molecular formula is C15H25NO2. The molecule has 0 aromatic carbocycles. The number of aliphatic hydroxyl groups is 1. The van der Waals surface area contributed by atoms with E-state index in [1.54, 1.807) is 0 Å². The minimum atomic E-state index is -0.513. The molecule has 1 saturated heterocycles. The SMILES string of the molecule is O=C(CCC1CCCCC1)N1CC(O)(C2CC2)C1. The standard InChI is InChI=1S/C15H25NO2/c17-14(9-6-12-4-2-1-3-5-12)16-10-15(18,11-16)13-7-8-13/h12-13,18H,1-11H2. The fourth-order valence-corrected chi connectivity index (χ4v) is 3.63. The maximum absolute atomic E-state index is 12.0. The predicted molar refractivity (Wildman–Crippen MR) is 70.1 cm³/mol. The average molecular weight is 251 g/mol. The lowest BCUT2D eigenvalue weighted by Gasteiger charge is -2.47. The van der Waals surface area contributed by atoms with Crippen molar-refractivity contribution in [1.29, 1.82) is 0 Å². The van der Waals surface area contributed by atoms with Gasteiger partial charge in [0.25, 0.3) is 0 Å². The number of β-amino-alcohol motifs (C(OH)–C–C–N with tert-alkyl or cyclic N) is 1. The van der Waals surface area contributed by atoms with Crippen molar-refractivity contribution in [3.05, 3.63) is 0 Å². The highest BCUT2D eigenvalue weighted by Gasteiger charge is 2.52. The van der Waals surface area contributed by atoms with E-state index in [4.69, 9.17) is 0 Å². The van der Waals surface area contributed by atoms with Crippen LogP contribution < -0.4 is 0 Å². The van der Waals surface area contributed by atoms with Crippen molar-refractivity contribution in [3.63, 3.8) is 0 Å². The van der Waals surface area contributed by atoms with E-state index < -0.39 is 5.60 Å². The Bertz CT molecular complexity index is 312. The van der Waals surface area contributed by atoms with E-state index in [9.17, 15) is 9.90 Å². The van der Waals surface area contributed by atoms with Gasteiger partial charge in [0.05, 0.1) is 13.1 Å². The Kier molecular flexibility index (Phi) is 3.35. The summed E-state index contributed by atoms with van der Waals surface area (Å²) < 4.78 is 0. The first-order valence-corrected chi connectivity index (χ1v) is 7.67. The average Bonchev–Trinajstić information content (AvgIpc) is 3.18. The van der Waals surface area contributed by atoms with Crippen molar-refractivity contribution < 1.29 is 9.90 Å². The maximum atomic E-state index is 12.0. The van der Waals surface area contributed by atoms with Gasteiger partial charge in [0.15, 0.2) is 0 Å². The summed E-state index contributed by atoms with van der Waals surface area (Å²) in [5.41, 5.74) is -0.513. The Hall–Kier alpha value is -0.570. The summed E-state index contributed by atoms with van der Waals surface area (Å²) in [7, 11) is 0. The molecule has 2 aliphatic carbocycles. The number of amides is 1. The van der Waals surface area contributed by atoms with Crippen LogP contribution in [0.2, 0.25) is 0 Å². The Morgan fingerprint density at radius 2 is 1.78 bits per heavy atom. The van der Waals surface area contributed by atoms with Gasteiger partial charge >= 0.3 is 0 Å². The maximum Gasteiger partial charge on any atom is 0.222 e. The molecule has 102 valence electrons. The normalized spacial score (nSPS) is 27.9. The zero-order chi connectivity index (χ0) is 12.6. The monoisotopic (exact) mass is 251 g/mol. The van der Waals surface area contributed by atoms with Crippen molar-refractivity contribution in [2.24, 2.45) is 11.8 Å². The number of likely N-dealkylation sites (tertiary alicyclic amines) is 1. The largest absolute Gasteiger partial charge is 0.386 e. The first-order valence-electron chi connectivity index (χ1n) is 7.67. The van der Waals surface area contributed by atoms with Crippen molar-refractivity contribution >= 4 is 5.91 Å². The lowest BCUT2D eigenvalue weighted by atomic mass is 9.85. The minimum absolute atomic E-state index is 0.269. The van der Waals surface area contributed by atoms with Gasteiger partial charge in [0, 0.05) is 6.42 Å². The molecule has 1 heterocycles. The van der Waals surface area contributed by atoms with E-state index in [1.807, 2.05) is 4.90 Å². The fraction of sp³-hybridized carbons (Fsp3) is 0.933. The third kappa shape index (κ3) is 2.56. The third-order valence-corrected chi connectivity index (χ3v) is 5.11. The van der Waals surface area contributed by atoms with Gasteiger partial charge in [0.2, 0.25) is 5.91 Å². The fourth-order valence-electron chi connectivity index (χ4n) is 3.63. The second-order valence-corrected chi connectivity index (χ2v) is 6.67. The van der Waals surface area contributed by atoms with Gasteiger partial charge < -0.3 is 10.0 Å². The first kappa shape index (κ1) is 12.5. The van der Waals surface area contributed by atoms with Crippen LogP contribution in [0, 0.1) is 11.8 Å². The minimum Gasteiger partial charge on any atom is -0.386 e. The van der Waals surface area contributed by atoms with Gasteiger partial charge in [-0.2, -0.15) is 0 Å². The molecule has 0 aromatic heterocycles. The van der Waals surface area contributed by atoms with Crippen LogP contribution in [0.15, 0.2) is 0 Å². The molecule has 18 heavy (non-hydrogen) atoms. The van der Waals surface area contributed by atoms with Crippen molar-refractivity contribution in [3.8, 4) is 0 Å². The molecule has 3 aliphatic rings. The van der Waals surface area contributed by atoms with Crippen LogP contribution in [0.4, 0.5) is 0 Å². The highest BCUT2D eigenvalue weighted by molar-refractivity contribution is 5.77. The van der Waals surface area contributed by atoms with Gasteiger partial charge in [-0.3, -0.25) is 4.79 Å². The summed E-state index contributed by atoms with van der Waals surface area (Å²) in [4.78, 5) is 13.9. The van der Waals surface area contributed by atoms with Crippen LogP contribution >= 0.6 is 0 Å². The van der Waals surface area contributed by atoms with Gasteiger partial charge in [-0.25, -0.2) is 0 Å². The number of hydrogen-bond donors (Lipinski definition) is 1. The van der Waals surface area contributed by atoms with E-state index in [1.165, 1.54) is 32.1 Å². The van der Waals surface area contributed by atoms with Gasteiger partial charge in [0.1, 0.15) is 5.60 Å². The van der Waals surface area contributed by atoms with E-state index >= 15 is 0 Å². The van der Waals surface area contributed by atoms with Crippen LogP contribution in [0.25, 0.3) is 0 Å². The molecule has 1 amide bonds. The quantitative estimate of drug-likeness (QED) is 0.833. The molecule has 0 radical (unpaired) electrons. The summed E-state index contributed by atoms with van der Waals surface area (Å²) in [6.07, 6.45) is 10.8. The zero-order valence-electron chi connectivity index (χ0n) is 11.2. The molecule has 2 saturated carbocycles. The Balaban J connectivity index is 1.37. The number of hydrogen-bond acceptors (Lipinski definition) is 2. The van der Waals surface area contributed by atoms with Crippen LogP contribution in [-0.4, -0.2) is 34.6 Å². The zero-order valence-corrected chi connectivity index (χ0v) is 11.2. The molecule has 3 rings (SSSR count). The van der Waals surface area contributed by atoms with Crippen molar-refractivity contribution in [2.45, 2.75) is 63.4 Å². The Morgan fingerprint density at radius 1 is 1.11 bits per heavy atom. The van der Waals surface area contributed by atoms with E-state index in [0.717, 1.165) is 25.2 Å². The van der Waals surface area contributed by atoms with Crippen molar-refractivity contribution in [1.82, 2.24) is 4.90 Å². The molecule has 1 N–H and O–H groups in total. The molecule has 0 unspecified atom stereocenters. The van der Waals surface area contributed by atoms with E-state index in [0.29, 0.717) is 25.4 Å². The first-order chi connectivity index (χ1) is 8.67. The predicted octanol–water partition coefficient (Wildman–Crippen LogP) is 2.33. The van der Waals surface area contributed by atoms with Gasteiger partial charge in [-0.1, -0.05) is 32.1 Å². The van der Waals surface area contributed by atoms with Gasteiger partial charge in [-0.05, 0) is 31.1 Å². The molecule has 0 spiro atoms. The number of carbonyl (C=O) groups excluding carboxylic acids is 1. The lowest BCUT2D eigenvalue weighted by Crippen LogP contribution is -2.64. The molecule has 3 nitrogen and oxygen atoms in total. The Morgan fingerprint density at radius 3 is 2.39 bits per heavy atom. The molecule has 3 fully saturated rings. The molecule has 0 atom stereocenters. The highest BCUT2D eigenvalue weighted by atomic mass is 16.3. The molecule has 3 heteroatoms. The summed E-state index contributed by atoms with van der Waals surface area (Å²) in [6.45, 7) is 1.20. The summed E-state index contributed by atoms with van der Waals surface area (Å²) in [5.74, 6) is 1.54. The Labute approximate surface area is 110 Å². The second-order valence-electron chi connectivity index (χ2n) is 6.67. The van der Waals surface area contributed by atoms with Crippen LogP contribution in [0.1, 0.15) is 57.8 Å². The smallest absolute Gasteiger partial charge is 0.222 e. The van der Waals surface area contributed by atoms with Gasteiger partial charge in [-0.15, -0.1) is 0 Å². The molecule has 0 aromatic rings. The van der Waals surface area contributed by atoms with Crippen LogP contribution in [0.3, 0.4) is 0 Å².